The number of rotatable bonds is 2. The van der Waals surface area contributed by atoms with Crippen molar-refractivity contribution in [2.45, 2.75) is 40.2 Å². The van der Waals surface area contributed by atoms with Crippen LogP contribution in [0.1, 0.15) is 54.5 Å². The van der Waals surface area contributed by atoms with Gasteiger partial charge in [-0.25, -0.2) is 0 Å². The van der Waals surface area contributed by atoms with E-state index in [0.717, 1.165) is 13.0 Å². The summed E-state index contributed by atoms with van der Waals surface area (Å²) in [7, 11) is 0. The number of hydrogen-bond donors (Lipinski definition) is 1. The molecule has 4 nitrogen and oxygen atoms in total. The summed E-state index contributed by atoms with van der Waals surface area (Å²) in [5.41, 5.74) is 2.04. The van der Waals surface area contributed by atoms with Gasteiger partial charge in [-0.3, -0.25) is 9.59 Å². The van der Waals surface area contributed by atoms with Gasteiger partial charge in [0.2, 0.25) is 5.91 Å². The Morgan fingerprint density at radius 3 is 2.72 bits per heavy atom. The molecule has 0 saturated carbocycles. The Labute approximate surface area is 152 Å². The van der Waals surface area contributed by atoms with Crippen LogP contribution in [-0.4, -0.2) is 23.3 Å². The molecular formula is C20H24N2O2S. The standard InChI is InChI=1S/C20H24N2O2S/c1-13-16-9-11-25-17(16)8-10-22(13)18(23)14-6-5-7-15(12-14)21-19(24)20(2,3)4/h5-7,9,11-13H,8,10H2,1-4H3,(H,21,24)/t13-/m1/s1. The number of anilines is 1. The van der Waals surface area contributed by atoms with E-state index in [1.165, 1.54) is 10.4 Å². The molecule has 0 aliphatic carbocycles. The highest BCUT2D eigenvalue weighted by Gasteiger charge is 2.29. The molecule has 1 aromatic carbocycles. The van der Waals surface area contributed by atoms with Crippen molar-refractivity contribution in [1.29, 1.82) is 0 Å². The first kappa shape index (κ1) is 17.7. The Balaban J connectivity index is 1.79. The maximum Gasteiger partial charge on any atom is 0.254 e. The topological polar surface area (TPSA) is 49.4 Å². The number of fused-ring (bicyclic) bond motifs is 1. The summed E-state index contributed by atoms with van der Waals surface area (Å²) in [5, 5.41) is 4.99. The minimum absolute atomic E-state index is 0.0104. The molecule has 3 rings (SSSR count). The van der Waals surface area contributed by atoms with Crippen molar-refractivity contribution in [3.05, 3.63) is 51.7 Å². The van der Waals surface area contributed by atoms with E-state index < -0.39 is 5.41 Å². The SMILES string of the molecule is C[C@@H]1c2ccsc2CCN1C(=O)c1cccc(NC(=O)C(C)(C)C)c1. The number of carbonyl (C=O) groups is 2. The second-order valence-corrected chi connectivity index (χ2v) is 8.51. The average molecular weight is 356 g/mol. The lowest BCUT2D eigenvalue weighted by Gasteiger charge is -2.33. The normalized spacial score (nSPS) is 17.1. The van der Waals surface area contributed by atoms with E-state index in [9.17, 15) is 9.59 Å². The van der Waals surface area contributed by atoms with E-state index in [2.05, 4.69) is 23.7 Å². The number of thiophene rings is 1. The zero-order valence-electron chi connectivity index (χ0n) is 15.1. The van der Waals surface area contributed by atoms with Gasteiger partial charge in [-0.05, 0) is 48.6 Å². The first-order valence-electron chi connectivity index (χ1n) is 8.56. The summed E-state index contributed by atoms with van der Waals surface area (Å²) in [4.78, 5) is 28.5. The number of nitrogens with one attached hydrogen (secondary N) is 1. The summed E-state index contributed by atoms with van der Waals surface area (Å²) in [5.74, 6) is -0.0532. The molecule has 1 aliphatic heterocycles. The van der Waals surface area contributed by atoms with Crippen LogP contribution in [0.5, 0.6) is 0 Å². The number of benzene rings is 1. The molecule has 1 N–H and O–H groups in total. The van der Waals surface area contributed by atoms with Gasteiger partial charge in [-0.1, -0.05) is 26.8 Å². The third kappa shape index (κ3) is 3.61. The van der Waals surface area contributed by atoms with Crippen LogP contribution in [0.25, 0.3) is 0 Å². The van der Waals surface area contributed by atoms with Crippen molar-refractivity contribution in [2.24, 2.45) is 5.41 Å². The van der Waals surface area contributed by atoms with Crippen molar-refractivity contribution in [3.8, 4) is 0 Å². The van der Waals surface area contributed by atoms with Gasteiger partial charge in [0.1, 0.15) is 0 Å². The highest BCUT2D eigenvalue weighted by atomic mass is 32.1. The predicted octanol–water partition coefficient (Wildman–Crippen LogP) is 4.49. The van der Waals surface area contributed by atoms with E-state index in [-0.39, 0.29) is 17.9 Å². The van der Waals surface area contributed by atoms with Gasteiger partial charge in [-0.2, -0.15) is 0 Å². The number of amides is 2. The maximum absolute atomic E-state index is 13.0. The van der Waals surface area contributed by atoms with Gasteiger partial charge in [-0.15, -0.1) is 11.3 Å². The monoisotopic (exact) mass is 356 g/mol. The molecule has 2 heterocycles. The van der Waals surface area contributed by atoms with Crippen molar-refractivity contribution in [2.75, 3.05) is 11.9 Å². The fourth-order valence-corrected chi connectivity index (χ4v) is 3.96. The number of nitrogens with zero attached hydrogens (tertiary/aromatic N) is 1. The van der Waals surface area contributed by atoms with Gasteiger partial charge in [0.25, 0.3) is 5.91 Å². The van der Waals surface area contributed by atoms with Crippen molar-refractivity contribution in [1.82, 2.24) is 4.90 Å². The quantitative estimate of drug-likeness (QED) is 0.862. The molecule has 132 valence electrons. The number of carbonyl (C=O) groups excluding carboxylic acids is 2. The number of hydrogen-bond acceptors (Lipinski definition) is 3. The first-order valence-corrected chi connectivity index (χ1v) is 9.44. The Bertz CT molecular complexity index is 804. The molecule has 1 atom stereocenters. The van der Waals surface area contributed by atoms with Gasteiger partial charge < -0.3 is 10.2 Å². The molecule has 0 fully saturated rings. The Morgan fingerprint density at radius 1 is 1.24 bits per heavy atom. The molecule has 5 heteroatoms. The lowest BCUT2D eigenvalue weighted by molar-refractivity contribution is -0.123. The van der Waals surface area contributed by atoms with E-state index in [1.54, 1.807) is 17.4 Å². The van der Waals surface area contributed by atoms with Gasteiger partial charge in [0, 0.05) is 28.1 Å². The molecular weight excluding hydrogens is 332 g/mol. The molecule has 0 saturated heterocycles. The van der Waals surface area contributed by atoms with Crippen LogP contribution in [-0.2, 0) is 11.2 Å². The largest absolute Gasteiger partial charge is 0.331 e. The fourth-order valence-electron chi connectivity index (χ4n) is 3.00. The molecule has 0 spiro atoms. The van der Waals surface area contributed by atoms with E-state index in [1.807, 2.05) is 43.9 Å². The molecule has 2 aromatic rings. The molecule has 0 radical (unpaired) electrons. The molecule has 1 aromatic heterocycles. The van der Waals surface area contributed by atoms with Crippen molar-refractivity contribution in [3.63, 3.8) is 0 Å². The molecule has 2 amide bonds. The molecule has 25 heavy (non-hydrogen) atoms. The van der Waals surface area contributed by atoms with Crippen LogP contribution < -0.4 is 5.32 Å². The van der Waals surface area contributed by atoms with Gasteiger partial charge >= 0.3 is 0 Å². The highest BCUT2D eigenvalue weighted by molar-refractivity contribution is 7.10. The summed E-state index contributed by atoms with van der Waals surface area (Å²) in [6.07, 6.45) is 0.906. The summed E-state index contributed by atoms with van der Waals surface area (Å²) in [6, 6.07) is 9.40. The maximum atomic E-state index is 13.0. The Hall–Kier alpha value is -2.14. The van der Waals surface area contributed by atoms with Crippen molar-refractivity contribution >= 4 is 28.8 Å². The zero-order valence-corrected chi connectivity index (χ0v) is 15.9. The smallest absolute Gasteiger partial charge is 0.254 e. The van der Waals surface area contributed by atoms with Crippen LogP contribution in [0.15, 0.2) is 35.7 Å². The molecule has 1 aliphatic rings. The highest BCUT2D eigenvalue weighted by Crippen LogP contribution is 2.33. The van der Waals surface area contributed by atoms with Crippen LogP contribution in [0, 0.1) is 5.41 Å². The zero-order chi connectivity index (χ0) is 18.2. The van der Waals surface area contributed by atoms with Crippen LogP contribution in [0.3, 0.4) is 0 Å². The summed E-state index contributed by atoms with van der Waals surface area (Å²) < 4.78 is 0. The van der Waals surface area contributed by atoms with Gasteiger partial charge in [0.15, 0.2) is 0 Å². The lowest BCUT2D eigenvalue weighted by atomic mass is 9.95. The van der Waals surface area contributed by atoms with E-state index in [0.29, 0.717) is 11.3 Å². The second-order valence-electron chi connectivity index (χ2n) is 7.51. The minimum Gasteiger partial charge on any atom is -0.331 e. The third-order valence-electron chi connectivity index (χ3n) is 4.59. The molecule has 0 unspecified atom stereocenters. The first-order chi connectivity index (χ1) is 11.8. The molecule has 0 bridgehead atoms. The van der Waals surface area contributed by atoms with E-state index >= 15 is 0 Å². The summed E-state index contributed by atoms with van der Waals surface area (Å²) >= 11 is 1.76. The van der Waals surface area contributed by atoms with E-state index in [4.69, 9.17) is 0 Å². The lowest BCUT2D eigenvalue weighted by Crippen LogP contribution is -2.38. The fraction of sp³-hybridized carbons (Fsp3) is 0.400. The van der Waals surface area contributed by atoms with Gasteiger partial charge in [0.05, 0.1) is 6.04 Å². The van der Waals surface area contributed by atoms with Crippen LogP contribution in [0.4, 0.5) is 5.69 Å². The second kappa shape index (κ2) is 6.64. The Kier molecular flexibility index (Phi) is 4.69. The minimum atomic E-state index is -0.475. The van der Waals surface area contributed by atoms with Crippen LogP contribution in [0.2, 0.25) is 0 Å². The van der Waals surface area contributed by atoms with Crippen molar-refractivity contribution < 1.29 is 9.59 Å². The summed E-state index contributed by atoms with van der Waals surface area (Å²) in [6.45, 7) is 8.40. The Morgan fingerprint density at radius 2 is 2.00 bits per heavy atom. The average Bonchev–Trinajstić information content (AvgIpc) is 3.03. The third-order valence-corrected chi connectivity index (χ3v) is 5.58. The predicted molar refractivity (Wildman–Crippen MR) is 102 cm³/mol. The van der Waals surface area contributed by atoms with Crippen LogP contribution >= 0.6 is 11.3 Å².